The van der Waals surface area contributed by atoms with Gasteiger partial charge in [-0.25, -0.2) is 9.97 Å². The monoisotopic (exact) mass is 387 g/mol. The number of likely N-dealkylation sites (N-methyl/N-ethyl adjacent to an activating group) is 1. The summed E-state index contributed by atoms with van der Waals surface area (Å²) in [6, 6.07) is 5.77. The van der Waals surface area contributed by atoms with Crippen molar-refractivity contribution in [3.8, 4) is 5.75 Å². The van der Waals surface area contributed by atoms with E-state index in [-0.39, 0.29) is 23.7 Å². The van der Waals surface area contributed by atoms with Gasteiger partial charge in [-0.1, -0.05) is 0 Å². The molecule has 2 heterocycles. The average molecular weight is 387 g/mol. The lowest BCUT2D eigenvalue weighted by Crippen LogP contribution is -2.42. The number of amides is 1. The molecule has 27 heavy (non-hydrogen) atoms. The van der Waals surface area contributed by atoms with Crippen molar-refractivity contribution in [2.45, 2.75) is 31.9 Å². The zero-order chi connectivity index (χ0) is 19.0. The fourth-order valence-electron chi connectivity index (χ4n) is 3.11. The van der Waals surface area contributed by atoms with E-state index < -0.39 is 0 Å². The van der Waals surface area contributed by atoms with Gasteiger partial charge < -0.3 is 18.8 Å². The van der Waals surface area contributed by atoms with Crippen molar-refractivity contribution in [3.63, 3.8) is 0 Å². The Bertz CT molecular complexity index is 976. The number of carbonyl (C=O) groups excluding carboxylic acids is 1. The SMILES string of the molecule is COCC1(N(C)C(=O)c2coc(COc3ccc4sc(C)nc4c3)n2)CC1. The summed E-state index contributed by atoms with van der Waals surface area (Å²) in [6.45, 7) is 2.66. The molecule has 3 aromatic rings. The Morgan fingerprint density at radius 2 is 2.19 bits per heavy atom. The van der Waals surface area contributed by atoms with Gasteiger partial charge in [0.1, 0.15) is 12.0 Å². The van der Waals surface area contributed by atoms with E-state index in [1.54, 1.807) is 30.4 Å². The van der Waals surface area contributed by atoms with E-state index >= 15 is 0 Å². The van der Waals surface area contributed by atoms with Crippen LogP contribution in [0.4, 0.5) is 0 Å². The minimum Gasteiger partial charge on any atom is -0.484 e. The number of carbonyl (C=O) groups is 1. The molecular formula is C19H21N3O4S. The third kappa shape index (κ3) is 3.54. The van der Waals surface area contributed by atoms with E-state index in [4.69, 9.17) is 13.9 Å². The van der Waals surface area contributed by atoms with Crippen molar-refractivity contribution in [1.29, 1.82) is 0 Å². The molecule has 0 atom stereocenters. The van der Waals surface area contributed by atoms with Crippen molar-refractivity contribution < 1.29 is 18.7 Å². The highest BCUT2D eigenvalue weighted by Gasteiger charge is 2.49. The van der Waals surface area contributed by atoms with Gasteiger partial charge in [0.05, 0.1) is 27.4 Å². The van der Waals surface area contributed by atoms with Crippen molar-refractivity contribution in [1.82, 2.24) is 14.9 Å². The lowest BCUT2D eigenvalue weighted by Gasteiger charge is -2.26. The van der Waals surface area contributed by atoms with Crippen LogP contribution in [-0.4, -0.2) is 47.1 Å². The molecule has 0 N–H and O–H groups in total. The van der Waals surface area contributed by atoms with E-state index in [1.807, 2.05) is 25.1 Å². The van der Waals surface area contributed by atoms with Gasteiger partial charge in [0.2, 0.25) is 5.89 Å². The molecule has 7 nitrogen and oxygen atoms in total. The first kappa shape index (κ1) is 17.9. The number of fused-ring (bicyclic) bond motifs is 1. The second-order valence-electron chi connectivity index (χ2n) is 6.80. The van der Waals surface area contributed by atoms with Crippen LogP contribution in [0.2, 0.25) is 0 Å². The number of oxazole rings is 1. The summed E-state index contributed by atoms with van der Waals surface area (Å²) in [5.41, 5.74) is 0.986. The Kier molecular flexibility index (Phi) is 4.61. The average Bonchev–Trinajstić information content (AvgIpc) is 3.12. The topological polar surface area (TPSA) is 77.7 Å². The smallest absolute Gasteiger partial charge is 0.276 e. The highest BCUT2D eigenvalue weighted by atomic mass is 32.1. The fourth-order valence-corrected chi connectivity index (χ4v) is 3.92. The van der Waals surface area contributed by atoms with E-state index in [1.165, 1.54) is 6.26 Å². The molecule has 0 saturated heterocycles. The second-order valence-corrected chi connectivity index (χ2v) is 8.03. The number of benzene rings is 1. The number of thiazole rings is 1. The second kappa shape index (κ2) is 6.94. The van der Waals surface area contributed by atoms with E-state index in [2.05, 4.69) is 9.97 Å². The molecule has 4 rings (SSSR count). The zero-order valence-corrected chi connectivity index (χ0v) is 16.3. The third-order valence-corrected chi connectivity index (χ3v) is 5.81. The zero-order valence-electron chi connectivity index (χ0n) is 15.5. The molecule has 8 heteroatoms. The number of hydrogen-bond acceptors (Lipinski definition) is 7. The predicted octanol–water partition coefficient (Wildman–Crippen LogP) is 3.42. The molecule has 0 spiro atoms. The van der Waals surface area contributed by atoms with Crippen LogP contribution in [0.25, 0.3) is 10.2 Å². The first-order chi connectivity index (χ1) is 13.0. The Morgan fingerprint density at radius 3 is 2.93 bits per heavy atom. The van der Waals surface area contributed by atoms with Gasteiger partial charge in [0, 0.05) is 20.2 Å². The highest BCUT2D eigenvalue weighted by molar-refractivity contribution is 7.18. The van der Waals surface area contributed by atoms with E-state index in [0.717, 1.165) is 28.1 Å². The molecule has 0 aliphatic heterocycles. The summed E-state index contributed by atoms with van der Waals surface area (Å²) in [5.74, 6) is 0.879. The van der Waals surface area contributed by atoms with Gasteiger partial charge in [-0.05, 0) is 31.9 Å². The van der Waals surface area contributed by atoms with Crippen LogP contribution in [0.3, 0.4) is 0 Å². The number of aromatic nitrogens is 2. The van der Waals surface area contributed by atoms with Crippen LogP contribution in [0.1, 0.15) is 34.2 Å². The Balaban J connectivity index is 1.40. The minimum atomic E-state index is -0.206. The van der Waals surface area contributed by atoms with E-state index in [9.17, 15) is 4.79 Å². The third-order valence-electron chi connectivity index (χ3n) is 4.86. The molecule has 0 radical (unpaired) electrons. The highest BCUT2D eigenvalue weighted by Crippen LogP contribution is 2.41. The van der Waals surface area contributed by atoms with Crippen molar-refractivity contribution in [3.05, 3.63) is 41.1 Å². The van der Waals surface area contributed by atoms with Gasteiger partial charge in [-0.2, -0.15) is 0 Å². The molecule has 0 unspecified atom stereocenters. The van der Waals surface area contributed by atoms with Gasteiger partial charge in [0.15, 0.2) is 12.3 Å². The Morgan fingerprint density at radius 1 is 1.37 bits per heavy atom. The van der Waals surface area contributed by atoms with Crippen LogP contribution in [0, 0.1) is 6.92 Å². The number of hydrogen-bond donors (Lipinski definition) is 0. The van der Waals surface area contributed by atoms with Crippen LogP contribution >= 0.6 is 11.3 Å². The van der Waals surface area contributed by atoms with Crippen LogP contribution < -0.4 is 4.74 Å². The number of methoxy groups -OCH3 is 1. The molecule has 0 bridgehead atoms. The largest absolute Gasteiger partial charge is 0.484 e. The van der Waals surface area contributed by atoms with Crippen molar-refractivity contribution in [2.75, 3.05) is 20.8 Å². The van der Waals surface area contributed by atoms with Crippen LogP contribution in [0.15, 0.2) is 28.9 Å². The molecule has 1 amide bonds. The molecule has 142 valence electrons. The summed E-state index contributed by atoms with van der Waals surface area (Å²) in [5, 5.41) is 1.02. The molecule has 1 saturated carbocycles. The van der Waals surface area contributed by atoms with Gasteiger partial charge in [-0.15, -0.1) is 11.3 Å². The number of aryl methyl sites for hydroxylation is 1. The maximum atomic E-state index is 12.6. The number of nitrogens with zero attached hydrogens (tertiary/aromatic N) is 3. The summed E-state index contributed by atoms with van der Waals surface area (Å²) in [6.07, 6.45) is 3.26. The lowest BCUT2D eigenvalue weighted by atomic mass is 10.2. The first-order valence-electron chi connectivity index (χ1n) is 8.72. The number of rotatable bonds is 7. The normalized spacial score (nSPS) is 15.1. The van der Waals surface area contributed by atoms with Crippen LogP contribution in [0.5, 0.6) is 5.75 Å². The Hall–Kier alpha value is -2.45. The summed E-state index contributed by atoms with van der Waals surface area (Å²) < 4.78 is 17.5. The van der Waals surface area contributed by atoms with Gasteiger partial charge in [0.25, 0.3) is 5.91 Å². The fraction of sp³-hybridized carbons (Fsp3) is 0.421. The Labute approximate surface area is 160 Å². The maximum absolute atomic E-state index is 12.6. The quantitative estimate of drug-likeness (QED) is 0.618. The molecule has 2 aromatic heterocycles. The standard InChI is InChI=1S/C19H21N3O4S/c1-12-20-14-8-13(4-5-16(14)27-12)25-10-17-21-15(9-26-17)18(23)22(2)19(6-7-19)11-24-3/h4-5,8-9H,6-7,10-11H2,1-3H3. The summed E-state index contributed by atoms with van der Waals surface area (Å²) in [4.78, 5) is 23.1. The van der Waals surface area contributed by atoms with Crippen LogP contribution in [-0.2, 0) is 11.3 Å². The summed E-state index contributed by atoms with van der Waals surface area (Å²) >= 11 is 1.65. The lowest BCUT2D eigenvalue weighted by molar-refractivity contribution is 0.0545. The molecule has 1 aliphatic rings. The molecule has 1 fully saturated rings. The van der Waals surface area contributed by atoms with Crippen molar-refractivity contribution in [2.24, 2.45) is 0 Å². The van der Waals surface area contributed by atoms with Crippen molar-refractivity contribution >= 4 is 27.5 Å². The minimum absolute atomic E-state index is 0.148. The first-order valence-corrected chi connectivity index (χ1v) is 9.54. The summed E-state index contributed by atoms with van der Waals surface area (Å²) in [7, 11) is 3.43. The van der Waals surface area contributed by atoms with Gasteiger partial charge in [-0.3, -0.25) is 4.79 Å². The maximum Gasteiger partial charge on any atom is 0.276 e. The number of ether oxygens (including phenoxy) is 2. The van der Waals surface area contributed by atoms with Gasteiger partial charge >= 0.3 is 0 Å². The molecule has 1 aliphatic carbocycles. The molecule has 1 aromatic carbocycles. The molecular weight excluding hydrogens is 366 g/mol. The van der Waals surface area contributed by atoms with E-state index in [0.29, 0.717) is 18.2 Å². The predicted molar refractivity (Wildman–Crippen MR) is 101 cm³/mol.